The molecule has 2 rings (SSSR count). The van der Waals surface area contributed by atoms with Gasteiger partial charge in [0.15, 0.2) is 0 Å². The van der Waals surface area contributed by atoms with E-state index in [1.54, 1.807) is 12.1 Å². The van der Waals surface area contributed by atoms with Crippen LogP contribution in [0.25, 0.3) is 0 Å². The van der Waals surface area contributed by atoms with Crippen molar-refractivity contribution in [3.8, 4) is 5.75 Å². The Morgan fingerprint density at radius 1 is 1.33 bits per heavy atom. The van der Waals surface area contributed by atoms with Crippen molar-refractivity contribution in [1.29, 1.82) is 0 Å². The first-order chi connectivity index (χ1) is 9.99. The summed E-state index contributed by atoms with van der Waals surface area (Å²) in [6, 6.07) is 6.67. The summed E-state index contributed by atoms with van der Waals surface area (Å²) in [5.74, 6) is 0.794. The van der Waals surface area contributed by atoms with E-state index in [-0.39, 0.29) is 11.7 Å². The number of aromatic hydroxyl groups is 1. The highest BCUT2D eigenvalue weighted by Gasteiger charge is 2.30. The molecule has 0 bridgehead atoms. The molecule has 1 aromatic carbocycles. The molecule has 3 N–H and O–H groups in total. The molecule has 1 fully saturated rings. The van der Waals surface area contributed by atoms with Gasteiger partial charge in [-0.2, -0.15) is 0 Å². The van der Waals surface area contributed by atoms with Gasteiger partial charge in [-0.05, 0) is 42.9 Å². The van der Waals surface area contributed by atoms with Crippen LogP contribution in [-0.2, 0) is 11.2 Å². The van der Waals surface area contributed by atoms with E-state index in [4.69, 9.17) is 5.73 Å². The quantitative estimate of drug-likeness (QED) is 0.894. The summed E-state index contributed by atoms with van der Waals surface area (Å²) < 4.78 is 0. The molecule has 0 aromatic heterocycles. The largest absolute Gasteiger partial charge is 0.508 e. The highest BCUT2D eigenvalue weighted by molar-refractivity contribution is 5.82. The van der Waals surface area contributed by atoms with Crippen LogP contribution in [0, 0.1) is 5.92 Å². The first-order valence-corrected chi connectivity index (χ1v) is 7.79. The fourth-order valence-electron chi connectivity index (χ4n) is 3.27. The number of nitrogens with two attached hydrogens (primary N) is 1. The Bertz CT molecular complexity index is 472. The molecule has 4 nitrogen and oxygen atoms in total. The Hall–Kier alpha value is -1.55. The maximum atomic E-state index is 12.5. The van der Waals surface area contributed by atoms with Crippen molar-refractivity contribution in [2.24, 2.45) is 11.7 Å². The summed E-state index contributed by atoms with van der Waals surface area (Å²) in [5.41, 5.74) is 7.06. The van der Waals surface area contributed by atoms with Gasteiger partial charge in [0, 0.05) is 13.1 Å². The molecule has 4 heteroatoms. The number of benzene rings is 1. The van der Waals surface area contributed by atoms with Crippen molar-refractivity contribution in [2.75, 3.05) is 7.05 Å². The second-order valence-corrected chi connectivity index (χ2v) is 6.26. The minimum atomic E-state index is -0.520. The lowest BCUT2D eigenvalue weighted by molar-refractivity contribution is -0.135. The lowest BCUT2D eigenvalue weighted by Crippen LogP contribution is -2.50. The number of carbonyl (C=O) groups is 1. The summed E-state index contributed by atoms with van der Waals surface area (Å²) in [5, 5.41) is 9.28. The molecule has 0 spiro atoms. The van der Waals surface area contributed by atoms with Crippen LogP contribution in [0.1, 0.15) is 38.2 Å². The fraction of sp³-hybridized carbons (Fsp3) is 0.588. The molecular weight excluding hydrogens is 264 g/mol. The van der Waals surface area contributed by atoms with E-state index in [0.29, 0.717) is 18.4 Å². The Kier molecular flexibility index (Phi) is 5.23. The maximum absolute atomic E-state index is 12.5. The number of phenols is 1. The van der Waals surface area contributed by atoms with E-state index >= 15 is 0 Å². The van der Waals surface area contributed by atoms with Crippen molar-refractivity contribution in [2.45, 2.75) is 51.1 Å². The zero-order valence-electron chi connectivity index (χ0n) is 13.0. The molecule has 21 heavy (non-hydrogen) atoms. The third-order valence-electron chi connectivity index (χ3n) is 4.62. The molecule has 1 amide bonds. The smallest absolute Gasteiger partial charge is 0.239 e. The average Bonchev–Trinajstić information content (AvgIpc) is 2.48. The topological polar surface area (TPSA) is 66.6 Å². The minimum absolute atomic E-state index is 0.0156. The Labute approximate surface area is 126 Å². The second-order valence-electron chi connectivity index (χ2n) is 6.26. The third-order valence-corrected chi connectivity index (χ3v) is 4.62. The number of hydrogen-bond donors (Lipinski definition) is 2. The highest BCUT2D eigenvalue weighted by atomic mass is 16.3. The molecule has 0 aliphatic heterocycles. The molecule has 1 aliphatic carbocycles. The van der Waals surface area contributed by atoms with Crippen molar-refractivity contribution in [3.05, 3.63) is 29.8 Å². The predicted octanol–water partition coefficient (Wildman–Crippen LogP) is 2.30. The van der Waals surface area contributed by atoms with Crippen LogP contribution in [0.3, 0.4) is 0 Å². The van der Waals surface area contributed by atoms with Gasteiger partial charge in [0.2, 0.25) is 5.91 Å². The van der Waals surface area contributed by atoms with E-state index in [9.17, 15) is 9.90 Å². The lowest BCUT2D eigenvalue weighted by Gasteiger charge is -2.37. The molecule has 3 atom stereocenters. The van der Waals surface area contributed by atoms with E-state index in [1.807, 2.05) is 24.1 Å². The first-order valence-electron chi connectivity index (χ1n) is 7.79. The van der Waals surface area contributed by atoms with Crippen LogP contribution >= 0.6 is 0 Å². The number of rotatable bonds is 4. The van der Waals surface area contributed by atoms with E-state index in [1.165, 1.54) is 19.3 Å². The molecule has 116 valence electrons. The van der Waals surface area contributed by atoms with Crippen LogP contribution in [0.2, 0.25) is 0 Å². The number of carbonyl (C=O) groups excluding carboxylic acids is 1. The van der Waals surface area contributed by atoms with Crippen LogP contribution in [0.4, 0.5) is 0 Å². The monoisotopic (exact) mass is 290 g/mol. The Morgan fingerprint density at radius 3 is 2.57 bits per heavy atom. The summed E-state index contributed by atoms with van der Waals surface area (Å²) in [4.78, 5) is 14.4. The van der Waals surface area contributed by atoms with E-state index < -0.39 is 6.04 Å². The van der Waals surface area contributed by atoms with Crippen molar-refractivity contribution >= 4 is 5.91 Å². The van der Waals surface area contributed by atoms with Crippen LogP contribution in [0.5, 0.6) is 5.75 Å². The molecular formula is C17H26N2O2. The first kappa shape index (κ1) is 15.8. The molecule has 0 saturated heterocycles. The van der Waals surface area contributed by atoms with Crippen molar-refractivity contribution in [1.82, 2.24) is 4.90 Å². The standard InChI is InChI=1S/C17H26N2O2/c1-12-5-3-4-6-16(12)19(2)17(21)15(18)11-13-7-9-14(20)10-8-13/h7-10,12,15-16,20H,3-6,11,18H2,1-2H3/t12?,15-,16?/m0/s1. The fourth-order valence-corrected chi connectivity index (χ4v) is 3.27. The summed E-state index contributed by atoms with van der Waals surface area (Å²) in [6.07, 6.45) is 5.23. The Balaban J connectivity index is 1.96. The second kappa shape index (κ2) is 6.94. The van der Waals surface area contributed by atoms with E-state index in [0.717, 1.165) is 12.0 Å². The molecule has 1 aromatic rings. The number of nitrogens with zero attached hydrogens (tertiary/aromatic N) is 1. The van der Waals surface area contributed by atoms with Gasteiger partial charge in [-0.15, -0.1) is 0 Å². The molecule has 2 unspecified atom stereocenters. The zero-order chi connectivity index (χ0) is 15.4. The number of hydrogen-bond acceptors (Lipinski definition) is 3. The summed E-state index contributed by atoms with van der Waals surface area (Å²) >= 11 is 0. The normalized spacial score (nSPS) is 23.6. The summed E-state index contributed by atoms with van der Waals surface area (Å²) in [6.45, 7) is 2.22. The van der Waals surface area contributed by atoms with Gasteiger partial charge in [-0.1, -0.05) is 31.9 Å². The van der Waals surface area contributed by atoms with Gasteiger partial charge in [0.25, 0.3) is 0 Å². The highest BCUT2D eigenvalue weighted by Crippen LogP contribution is 2.27. The molecule has 0 radical (unpaired) electrons. The lowest BCUT2D eigenvalue weighted by atomic mass is 9.85. The van der Waals surface area contributed by atoms with Gasteiger partial charge < -0.3 is 15.7 Å². The SMILES string of the molecule is CC1CCCCC1N(C)C(=O)[C@@H](N)Cc1ccc(O)cc1. The van der Waals surface area contributed by atoms with Crippen molar-refractivity contribution < 1.29 is 9.90 Å². The van der Waals surface area contributed by atoms with Gasteiger partial charge in [-0.3, -0.25) is 4.79 Å². The molecule has 1 saturated carbocycles. The van der Waals surface area contributed by atoms with Gasteiger partial charge >= 0.3 is 0 Å². The number of amides is 1. The zero-order valence-corrected chi connectivity index (χ0v) is 13.0. The predicted molar refractivity (Wildman–Crippen MR) is 84.0 cm³/mol. The van der Waals surface area contributed by atoms with Crippen LogP contribution in [0.15, 0.2) is 24.3 Å². The van der Waals surface area contributed by atoms with Gasteiger partial charge in [-0.25, -0.2) is 0 Å². The average molecular weight is 290 g/mol. The maximum Gasteiger partial charge on any atom is 0.239 e. The Morgan fingerprint density at radius 2 is 1.95 bits per heavy atom. The molecule has 1 aliphatic rings. The van der Waals surface area contributed by atoms with Crippen molar-refractivity contribution in [3.63, 3.8) is 0 Å². The molecule has 0 heterocycles. The van der Waals surface area contributed by atoms with Crippen LogP contribution in [-0.4, -0.2) is 35.0 Å². The van der Waals surface area contributed by atoms with E-state index in [2.05, 4.69) is 6.92 Å². The number of likely N-dealkylation sites (N-methyl/N-ethyl adjacent to an activating group) is 1. The number of phenolic OH excluding ortho intramolecular Hbond substituents is 1. The van der Waals surface area contributed by atoms with Gasteiger partial charge in [0.05, 0.1) is 6.04 Å². The van der Waals surface area contributed by atoms with Crippen LogP contribution < -0.4 is 5.73 Å². The third kappa shape index (κ3) is 3.97. The minimum Gasteiger partial charge on any atom is -0.508 e. The van der Waals surface area contributed by atoms with Gasteiger partial charge in [0.1, 0.15) is 5.75 Å². The summed E-state index contributed by atoms with van der Waals surface area (Å²) in [7, 11) is 1.88.